The van der Waals surface area contributed by atoms with Gasteiger partial charge in [-0.1, -0.05) is 30.3 Å². The average molecular weight is 287 g/mol. The van der Waals surface area contributed by atoms with Crippen molar-refractivity contribution < 1.29 is 5.11 Å². The highest BCUT2D eigenvalue weighted by Gasteiger charge is 2.33. The maximum atomic E-state index is 10.9. The summed E-state index contributed by atoms with van der Waals surface area (Å²) in [5, 5.41) is 15.1. The molecule has 3 heteroatoms. The Morgan fingerprint density at radius 2 is 2.00 bits per heavy atom. The molecule has 0 spiro atoms. The van der Waals surface area contributed by atoms with Gasteiger partial charge in [0.1, 0.15) is 0 Å². The van der Waals surface area contributed by atoms with Crippen molar-refractivity contribution in [2.24, 2.45) is 0 Å². The summed E-state index contributed by atoms with van der Waals surface area (Å²) in [7, 11) is 0. The monoisotopic (exact) mass is 287 g/mol. The van der Waals surface area contributed by atoms with Crippen molar-refractivity contribution in [3.8, 4) is 0 Å². The minimum absolute atomic E-state index is 0.561. The maximum absolute atomic E-state index is 10.9. The van der Waals surface area contributed by atoms with Crippen LogP contribution in [-0.2, 0) is 13.0 Å². The first-order valence-corrected chi connectivity index (χ1v) is 8.18. The Morgan fingerprint density at radius 3 is 2.75 bits per heavy atom. The van der Waals surface area contributed by atoms with Crippen molar-refractivity contribution in [3.05, 3.63) is 58.3 Å². The molecule has 20 heavy (non-hydrogen) atoms. The fraction of sp³-hybridized carbons (Fsp3) is 0.412. The zero-order valence-corrected chi connectivity index (χ0v) is 12.5. The second-order valence-corrected chi connectivity index (χ2v) is 6.61. The average Bonchev–Trinajstić information content (AvgIpc) is 2.92. The summed E-state index contributed by atoms with van der Waals surface area (Å²) in [4.78, 5) is 2.38. The number of piperidine rings is 1. The molecule has 1 saturated heterocycles. The molecular weight excluding hydrogens is 266 g/mol. The lowest BCUT2D eigenvalue weighted by atomic mass is 9.87. The third-order valence-electron chi connectivity index (χ3n) is 4.00. The fourth-order valence-electron chi connectivity index (χ4n) is 3.10. The van der Waals surface area contributed by atoms with Crippen molar-refractivity contribution in [2.45, 2.75) is 31.4 Å². The molecule has 1 N–H and O–H groups in total. The summed E-state index contributed by atoms with van der Waals surface area (Å²) >= 11 is 1.71. The van der Waals surface area contributed by atoms with Crippen LogP contribution in [-0.4, -0.2) is 28.7 Å². The van der Waals surface area contributed by atoms with E-state index in [1.807, 2.05) is 6.07 Å². The molecular formula is C17H21NOS. The van der Waals surface area contributed by atoms with Gasteiger partial charge in [0.05, 0.1) is 5.60 Å². The van der Waals surface area contributed by atoms with Crippen LogP contribution in [0, 0.1) is 0 Å². The van der Waals surface area contributed by atoms with Crippen LogP contribution in [0.2, 0.25) is 0 Å². The van der Waals surface area contributed by atoms with E-state index in [9.17, 15) is 5.11 Å². The van der Waals surface area contributed by atoms with Crippen molar-refractivity contribution in [3.63, 3.8) is 0 Å². The van der Waals surface area contributed by atoms with Gasteiger partial charge in [0.15, 0.2) is 0 Å². The highest BCUT2D eigenvalue weighted by molar-refractivity contribution is 7.07. The normalized spacial score (nSPS) is 23.9. The minimum atomic E-state index is -0.561. The van der Waals surface area contributed by atoms with Crippen LogP contribution in [0.3, 0.4) is 0 Å². The van der Waals surface area contributed by atoms with Crippen molar-refractivity contribution in [1.29, 1.82) is 0 Å². The number of hydrogen-bond donors (Lipinski definition) is 1. The van der Waals surface area contributed by atoms with Gasteiger partial charge in [0.25, 0.3) is 0 Å². The lowest BCUT2D eigenvalue weighted by Gasteiger charge is -2.39. The van der Waals surface area contributed by atoms with E-state index in [1.54, 1.807) is 11.3 Å². The van der Waals surface area contributed by atoms with Crippen molar-refractivity contribution in [1.82, 2.24) is 4.90 Å². The van der Waals surface area contributed by atoms with E-state index in [2.05, 4.69) is 46.0 Å². The van der Waals surface area contributed by atoms with Gasteiger partial charge in [-0.15, -0.1) is 0 Å². The van der Waals surface area contributed by atoms with Crippen molar-refractivity contribution in [2.75, 3.05) is 13.1 Å². The molecule has 0 aliphatic carbocycles. The van der Waals surface area contributed by atoms with E-state index in [4.69, 9.17) is 0 Å². The van der Waals surface area contributed by atoms with Gasteiger partial charge in [0.2, 0.25) is 0 Å². The zero-order chi connectivity index (χ0) is 13.8. The second kappa shape index (κ2) is 6.08. The highest BCUT2D eigenvalue weighted by Crippen LogP contribution is 2.27. The summed E-state index contributed by atoms with van der Waals surface area (Å²) in [6.07, 6.45) is 2.77. The van der Waals surface area contributed by atoms with Crippen LogP contribution in [0.4, 0.5) is 0 Å². The number of rotatable bonds is 4. The molecule has 1 aromatic heterocycles. The van der Waals surface area contributed by atoms with Gasteiger partial charge in [-0.3, -0.25) is 4.90 Å². The van der Waals surface area contributed by atoms with E-state index >= 15 is 0 Å². The minimum Gasteiger partial charge on any atom is -0.388 e. The second-order valence-electron chi connectivity index (χ2n) is 5.83. The molecule has 0 saturated carbocycles. The van der Waals surface area contributed by atoms with Gasteiger partial charge in [0, 0.05) is 19.5 Å². The van der Waals surface area contributed by atoms with Gasteiger partial charge < -0.3 is 5.11 Å². The number of hydrogen-bond acceptors (Lipinski definition) is 3. The largest absolute Gasteiger partial charge is 0.388 e. The summed E-state index contributed by atoms with van der Waals surface area (Å²) < 4.78 is 0. The number of nitrogens with zero attached hydrogens (tertiary/aromatic N) is 1. The lowest BCUT2D eigenvalue weighted by Crippen LogP contribution is -2.49. The molecule has 0 bridgehead atoms. The molecule has 1 aliphatic rings. The van der Waals surface area contributed by atoms with Gasteiger partial charge in [-0.2, -0.15) is 11.3 Å². The molecule has 2 nitrogen and oxygen atoms in total. The summed E-state index contributed by atoms with van der Waals surface area (Å²) in [5.41, 5.74) is 2.03. The Hall–Kier alpha value is -1.16. The van der Waals surface area contributed by atoms with Crippen LogP contribution in [0.25, 0.3) is 0 Å². The van der Waals surface area contributed by atoms with E-state index < -0.39 is 5.60 Å². The molecule has 106 valence electrons. The predicted octanol–water partition coefficient (Wildman–Crippen LogP) is 3.32. The number of likely N-dealkylation sites (tertiary alicyclic amines) is 1. The molecule has 1 unspecified atom stereocenters. The first-order chi connectivity index (χ1) is 9.73. The highest BCUT2D eigenvalue weighted by atomic mass is 32.1. The predicted molar refractivity (Wildman–Crippen MR) is 83.9 cm³/mol. The van der Waals surface area contributed by atoms with E-state index in [-0.39, 0.29) is 0 Å². The topological polar surface area (TPSA) is 23.5 Å². The number of benzene rings is 1. The fourth-order valence-corrected chi connectivity index (χ4v) is 3.77. The Morgan fingerprint density at radius 1 is 1.15 bits per heavy atom. The van der Waals surface area contributed by atoms with Crippen LogP contribution in [0.15, 0.2) is 47.2 Å². The molecule has 1 aromatic carbocycles. The molecule has 1 aliphatic heterocycles. The summed E-state index contributed by atoms with van der Waals surface area (Å²) in [6.45, 7) is 2.80. The Labute approximate surface area is 124 Å². The zero-order valence-electron chi connectivity index (χ0n) is 11.7. The van der Waals surface area contributed by atoms with Crippen LogP contribution < -0.4 is 0 Å². The molecule has 1 fully saturated rings. The van der Waals surface area contributed by atoms with E-state index in [0.29, 0.717) is 0 Å². The molecule has 2 aromatic rings. The van der Waals surface area contributed by atoms with E-state index in [1.165, 1.54) is 11.1 Å². The molecule has 0 radical (unpaired) electrons. The SMILES string of the molecule is OC1(Cc2ccsc2)CCCN(Cc2ccccc2)C1. The maximum Gasteiger partial charge on any atom is 0.0815 e. The van der Waals surface area contributed by atoms with Gasteiger partial charge in [-0.05, 0) is 47.3 Å². The van der Waals surface area contributed by atoms with Crippen LogP contribution in [0.5, 0.6) is 0 Å². The third-order valence-corrected chi connectivity index (χ3v) is 4.73. The third kappa shape index (κ3) is 3.48. The molecule has 3 rings (SSSR count). The standard InChI is InChI=1S/C17H21NOS/c19-17(11-16-7-10-20-13-16)8-4-9-18(14-17)12-15-5-2-1-3-6-15/h1-3,5-7,10,13,19H,4,8-9,11-12,14H2. The molecule has 2 heterocycles. The first-order valence-electron chi connectivity index (χ1n) is 7.23. The van der Waals surface area contributed by atoms with Gasteiger partial charge >= 0.3 is 0 Å². The Balaban J connectivity index is 1.64. The quantitative estimate of drug-likeness (QED) is 0.932. The van der Waals surface area contributed by atoms with E-state index in [0.717, 1.165) is 38.9 Å². The number of β-amino-alcohol motifs (C(OH)–C–C–N with tert-alkyl or cyclic N) is 1. The van der Waals surface area contributed by atoms with Crippen LogP contribution in [0.1, 0.15) is 24.0 Å². The summed E-state index contributed by atoms with van der Waals surface area (Å²) in [6, 6.07) is 12.7. The Kier molecular flexibility index (Phi) is 4.20. The smallest absolute Gasteiger partial charge is 0.0815 e. The van der Waals surface area contributed by atoms with Gasteiger partial charge in [-0.25, -0.2) is 0 Å². The molecule has 1 atom stereocenters. The first kappa shape index (κ1) is 13.8. The summed E-state index contributed by atoms with van der Waals surface area (Å²) in [5.74, 6) is 0. The number of aliphatic hydroxyl groups is 1. The Bertz CT molecular complexity index is 525. The number of thiophene rings is 1. The molecule has 0 amide bonds. The van der Waals surface area contributed by atoms with Crippen LogP contribution >= 0.6 is 11.3 Å². The lowest BCUT2D eigenvalue weighted by molar-refractivity contribution is -0.0326. The van der Waals surface area contributed by atoms with Crippen molar-refractivity contribution >= 4 is 11.3 Å².